The van der Waals surface area contributed by atoms with Gasteiger partial charge < -0.3 is 24.8 Å². The van der Waals surface area contributed by atoms with Crippen molar-refractivity contribution in [2.45, 2.75) is 113 Å². The molecule has 0 saturated carbocycles. The Morgan fingerprint density at radius 2 is 1.26 bits per heavy atom. The molecule has 264 valence electrons. The van der Waals surface area contributed by atoms with Gasteiger partial charge in [0.05, 0.1) is 0 Å². The van der Waals surface area contributed by atoms with Crippen molar-refractivity contribution in [1.29, 1.82) is 0 Å². The van der Waals surface area contributed by atoms with Crippen LogP contribution in [0.2, 0.25) is 0 Å². The van der Waals surface area contributed by atoms with Crippen LogP contribution in [-0.4, -0.2) is 3.21 Å². The first-order valence-corrected chi connectivity index (χ1v) is 19.1. The van der Waals surface area contributed by atoms with E-state index >= 15 is 0 Å². The molecule has 0 N–H and O–H groups in total. The van der Waals surface area contributed by atoms with Crippen LogP contribution in [0.4, 0.5) is 0 Å². The second kappa shape index (κ2) is 16.2. The number of rotatable bonds is 2. The van der Waals surface area contributed by atoms with Crippen LogP contribution in [-0.2, 0) is 35.1 Å². The molecule has 4 aromatic carbocycles. The molecule has 0 aromatic heterocycles. The predicted molar refractivity (Wildman–Crippen MR) is 210 cm³/mol. The molecule has 50 heavy (non-hydrogen) atoms. The summed E-state index contributed by atoms with van der Waals surface area (Å²) in [7, 11) is 0. The molecule has 0 saturated heterocycles. The van der Waals surface area contributed by atoms with Crippen molar-refractivity contribution < 1.29 is 49.0 Å². The maximum atomic E-state index is 3.35. The Balaban J connectivity index is 0.000000244. The normalized spacial score (nSPS) is 18.1. The number of halogens is 2. The topological polar surface area (TPSA) is 0 Å². The molecule has 0 nitrogen and oxygen atoms in total. The van der Waals surface area contributed by atoms with Crippen molar-refractivity contribution >= 4 is 35.9 Å². The third kappa shape index (κ3) is 9.06. The predicted octanol–water partition coefficient (Wildman–Crippen LogP) is 7.33. The maximum Gasteiger partial charge on any atom is -1.00 e. The van der Waals surface area contributed by atoms with E-state index in [4.69, 9.17) is 0 Å². The van der Waals surface area contributed by atoms with Crippen molar-refractivity contribution in [3.8, 4) is 0 Å². The van der Waals surface area contributed by atoms with Crippen LogP contribution in [0.15, 0.2) is 84.5 Å². The van der Waals surface area contributed by atoms with Gasteiger partial charge in [0.2, 0.25) is 0 Å². The smallest absolute Gasteiger partial charge is 1.00 e. The van der Waals surface area contributed by atoms with Gasteiger partial charge in [0.15, 0.2) is 0 Å². The molecular formula is C47H56Cl2Zr-2. The summed E-state index contributed by atoms with van der Waals surface area (Å²) in [5.41, 5.74) is 13.6. The molecule has 1 atom stereocenters. The summed E-state index contributed by atoms with van der Waals surface area (Å²) in [5, 5.41) is 5.61. The minimum Gasteiger partial charge on any atom is -1.00 e. The second-order valence-electron chi connectivity index (χ2n) is 16.8. The van der Waals surface area contributed by atoms with Crippen molar-refractivity contribution in [1.82, 2.24) is 0 Å². The molecule has 3 aliphatic rings. The Morgan fingerprint density at radius 1 is 0.800 bits per heavy atom. The molecule has 4 aromatic rings. The Hall–Kier alpha value is -2.18. The Kier molecular flexibility index (Phi) is 13.7. The van der Waals surface area contributed by atoms with Crippen LogP contribution in [0.25, 0.3) is 32.7 Å². The van der Waals surface area contributed by atoms with E-state index in [1.54, 1.807) is 0 Å². The van der Waals surface area contributed by atoms with E-state index < -0.39 is 0 Å². The van der Waals surface area contributed by atoms with E-state index in [9.17, 15) is 0 Å². The van der Waals surface area contributed by atoms with Crippen molar-refractivity contribution in [3.05, 3.63) is 124 Å². The van der Waals surface area contributed by atoms with Crippen LogP contribution in [0.5, 0.6) is 0 Å². The average molecular weight is 783 g/mol. The van der Waals surface area contributed by atoms with Gasteiger partial charge in [0.25, 0.3) is 0 Å². The van der Waals surface area contributed by atoms with Gasteiger partial charge >= 0.3 is 76.7 Å². The first-order chi connectivity index (χ1) is 22.4. The number of hydrogen-bond donors (Lipinski definition) is 0. The van der Waals surface area contributed by atoms with Gasteiger partial charge in [-0.2, -0.15) is 11.6 Å². The molecular weight excluding hydrogens is 727 g/mol. The van der Waals surface area contributed by atoms with Crippen LogP contribution in [0, 0.1) is 24.3 Å². The molecule has 0 spiro atoms. The number of aryl methyl sites for hydroxylation is 1. The zero-order chi connectivity index (χ0) is 35.2. The van der Waals surface area contributed by atoms with E-state index in [1.165, 1.54) is 106 Å². The van der Waals surface area contributed by atoms with E-state index in [-0.39, 0.29) is 35.6 Å². The number of fused-ring (bicyclic) bond motifs is 5. The Labute approximate surface area is 331 Å². The molecule has 3 aliphatic carbocycles. The van der Waals surface area contributed by atoms with Crippen molar-refractivity contribution in [2.24, 2.45) is 11.3 Å². The van der Waals surface area contributed by atoms with E-state index in [2.05, 4.69) is 168 Å². The molecule has 3 heteroatoms. The van der Waals surface area contributed by atoms with Gasteiger partial charge in [-0.15, -0.1) is 39.7 Å². The Morgan fingerprint density at radius 3 is 1.62 bits per heavy atom. The molecule has 0 aliphatic heterocycles. The van der Waals surface area contributed by atoms with Gasteiger partial charge in [-0.1, -0.05) is 109 Å². The Bertz CT molecular complexity index is 1890. The van der Waals surface area contributed by atoms with Gasteiger partial charge in [-0.3, -0.25) is 6.08 Å². The first kappa shape index (κ1) is 42.2. The minimum absolute atomic E-state index is 0. The average Bonchev–Trinajstić information content (AvgIpc) is 3.66. The summed E-state index contributed by atoms with van der Waals surface area (Å²) < 4.78 is 1.46. The largest absolute Gasteiger partial charge is 1.00 e. The van der Waals surface area contributed by atoms with E-state index in [1.807, 2.05) is 0 Å². The third-order valence-corrected chi connectivity index (χ3v) is 11.5. The summed E-state index contributed by atoms with van der Waals surface area (Å²) in [5.74, 6) is 0.573. The van der Waals surface area contributed by atoms with Crippen molar-refractivity contribution in [2.75, 3.05) is 0 Å². The molecule has 7 rings (SSSR count). The fourth-order valence-electron chi connectivity index (χ4n) is 7.15. The first-order valence-electron chi connectivity index (χ1n) is 17.9. The quantitative estimate of drug-likeness (QED) is 0.187. The zero-order valence-corrected chi connectivity index (χ0v) is 36.4. The third-order valence-electron chi connectivity index (χ3n) is 10.7. The molecule has 0 heterocycles. The fourth-order valence-corrected chi connectivity index (χ4v) is 7.56. The summed E-state index contributed by atoms with van der Waals surface area (Å²) in [6.07, 6.45) is 16.1. The molecule has 0 radical (unpaired) electrons. The summed E-state index contributed by atoms with van der Waals surface area (Å²) in [6, 6.07) is 20.9. The molecule has 0 amide bonds. The van der Waals surface area contributed by atoms with Gasteiger partial charge in [0, 0.05) is 0 Å². The van der Waals surface area contributed by atoms with E-state index in [0.717, 1.165) is 12.8 Å². The van der Waals surface area contributed by atoms with Crippen LogP contribution >= 0.6 is 0 Å². The molecule has 0 bridgehead atoms. The summed E-state index contributed by atoms with van der Waals surface area (Å²) in [4.78, 5) is 0. The number of allylic oxidation sites excluding steroid dienone is 8. The number of hydrogen-bond acceptors (Lipinski definition) is 0. The van der Waals surface area contributed by atoms with E-state index in [0.29, 0.717) is 11.3 Å². The summed E-state index contributed by atoms with van der Waals surface area (Å²) >= 11 is 1.51. The standard InChI is InChI=1S/C27H29.C11H17.C9H10.2ClH.Zr/c1-16-7-9-26(3,4)24-12-18-11-19-13-25-21(17(2)8-10-27(25,5)6)15-23(19)22(18)14-20(16)24;1-5-9-6-7-10(8-9)11(2,3)4;1-3-9-6-4-8(2)5-7-9;;;/h7-8,11-15H,9-10H2,1-6H3;7-9H,5H2,1-4H3;4-7H,1-2H3;2*1H;/q2*-1;;;;+2/p-2. The fraction of sp³-hybridized carbons (Fsp3) is 0.404. The molecule has 1 unspecified atom stereocenters. The summed E-state index contributed by atoms with van der Waals surface area (Å²) in [6.45, 7) is 27.2. The SMILES string of the molecule is CC1=CCC(C)(C)c2cc3[cH-]c4cc5c(cc4c3cc21)C(C)=CCC5(C)C.CCC1[C-]=CC(C(C)(C)C)=C1.C[C](=[Zr+2])c1ccc(C)cc1.[Cl-].[Cl-]. The van der Waals surface area contributed by atoms with Crippen LogP contribution in [0.1, 0.15) is 129 Å². The zero-order valence-electron chi connectivity index (χ0n) is 32.5. The second-order valence-corrected chi connectivity index (χ2v) is 18.6. The van der Waals surface area contributed by atoms with Gasteiger partial charge in [0.1, 0.15) is 0 Å². The maximum absolute atomic E-state index is 3.35. The van der Waals surface area contributed by atoms with Crippen LogP contribution in [0.3, 0.4) is 0 Å². The number of benzene rings is 3. The van der Waals surface area contributed by atoms with Crippen LogP contribution < -0.4 is 24.8 Å². The molecule has 0 fully saturated rings. The van der Waals surface area contributed by atoms with Gasteiger partial charge in [-0.25, -0.2) is 6.08 Å². The monoisotopic (exact) mass is 780 g/mol. The minimum atomic E-state index is 0. The van der Waals surface area contributed by atoms with Crippen molar-refractivity contribution in [3.63, 3.8) is 0 Å². The van der Waals surface area contributed by atoms with Gasteiger partial charge in [-0.05, 0) is 59.8 Å².